The summed E-state index contributed by atoms with van der Waals surface area (Å²) in [6.45, 7) is 5.00. The Labute approximate surface area is 121 Å². The molecule has 1 rings (SSSR count). The second kappa shape index (κ2) is 9.38. The van der Waals surface area contributed by atoms with E-state index >= 15 is 0 Å². The second-order valence-corrected chi connectivity index (χ2v) is 4.53. The first-order chi connectivity index (χ1) is 9.74. The summed E-state index contributed by atoms with van der Waals surface area (Å²) in [5.74, 6) is 6.80. The minimum atomic E-state index is 0.160. The average molecular weight is 276 g/mol. The molecule has 0 aliphatic heterocycles. The molecule has 0 radical (unpaired) electrons. The van der Waals surface area contributed by atoms with Crippen molar-refractivity contribution in [2.75, 3.05) is 33.4 Å². The number of nitrogens with zero attached hydrogens (tertiary/aromatic N) is 1. The first-order valence-corrected chi connectivity index (χ1v) is 6.94. The lowest BCUT2D eigenvalue weighted by Gasteiger charge is -2.21. The van der Waals surface area contributed by atoms with E-state index in [4.69, 9.17) is 15.6 Å². The summed E-state index contributed by atoms with van der Waals surface area (Å²) >= 11 is 0. The van der Waals surface area contributed by atoms with Crippen LogP contribution < -0.4 is 10.5 Å². The minimum Gasteiger partial charge on any atom is -0.497 e. The van der Waals surface area contributed by atoms with Gasteiger partial charge in [0.2, 0.25) is 0 Å². The SMILES string of the molecule is CCCN(CCO)Cc1cc(OC)ccc1C#CCN. The molecule has 0 fully saturated rings. The van der Waals surface area contributed by atoms with Crippen molar-refractivity contribution in [2.45, 2.75) is 19.9 Å². The highest BCUT2D eigenvalue weighted by atomic mass is 16.5. The lowest BCUT2D eigenvalue weighted by molar-refractivity contribution is 0.190. The third-order valence-corrected chi connectivity index (χ3v) is 2.99. The molecule has 4 heteroatoms. The molecule has 4 nitrogen and oxygen atoms in total. The van der Waals surface area contributed by atoms with Crippen LogP contribution in [0.1, 0.15) is 24.5 Å². The number of methoxy groups -OCH3 is 1. The van der Waals surface area contributed by atoms with Gasteiger partial charge in [0, 0.05) is 18.7 Å². The molecule has 0 spiro atoms. The standard InChI is InChI=1S/C16H24N2O2/c1-3-9-18(10-11-19)13-15-12-16(20-2)7-6-14(15)5-4-8-17/h6-7,12,19H,3,8-11,13,17H2,1-2H3. The lowest BCUT2D eigenvalue weighted by Crippen LogP contribution is -2.27. The van der Waals surface area contributed by atoms with Gasteiger partial charge in [0.05, 0.1) is 20.3 Å². The van der Waals surface area contributed by atoms with Crippen LogP contribution in [0.4, 0.5) is 0 Å². The molecule has 0 atom stereocenters. The normalized spacial score (nSPS) is 10.2. The van der Waals surface area contributed by atoms with Gasteiger partial charge in [-0.3, -0.25) is 4.90 Å². The molecule has 0 saturated heterocycles. The van der Waals surface area contributed by atoms with Crippen LogP contribution in [0.2, 0.25) is 0 Å². The summed E-state index contributed by atoms with van der Waals surface area (Å²) < 4.78 is 5.28. The van der Waals surface area contributed by atoms with Crippen molar-refractivity contribution in [2.24, 2.45) is 5.73 Å². The third kappa shape index (κ3) is 5.22. The summed E-state index contributed by atoms with van der Waals surface area (Å²) in [5, 5.41) is 9.14. The van der Waals surface area contributed by atoms with E-state index in [1.807, 2.05) is 18.2 Å². The Morgan fingerprint density at radius 3 is 2.75 bits per heavy atom. The molecule has 0 unspecified atom stereocenters. The van der Waals surface area contributed by atoms with E-state index < -0.39 is 0 Å². The van der Waals surface area contributed by atoms with Crippen molar-refractivity contribution in [3.05, 3.63) is 29.3 Å². The molecule has 0 aliphatic rings. The van der Waals surface area contributed by atoms with Crippen molar-refractivity contribution in [1.82, 2.24) is 4.90 Å². The smallest absolute Gasteiger partial charge is 0.119 e. The van der Waals surface area contributed by atoms with Gasteiger partial charge in [-0.05, 0) is 36.7 Å². The van der Waals surface area contributed by atoms with Crippen molar-refractivity contribution in [3.8, 4) is 17.6 Å². The van der Waals surface area contributed by atoms with Gasteiger partial charge in [0.25, 0.3) is 0 Å². The van der Waals surface area contributed by atoms with Crippen LogP contribution in [0.5, 0.6) is 5.75 Å². The Hall–Kier alpha value is -1.54. The summed E-state index contributed by atoms with van der Waals surface area (Å²) in [6.07, 6.45) is 1.05. The van der Waals surface area contributed by atoms with Crippen molar-refractivity contribution in [1.29, 1.82) is 0 Å². The van der Waals surface area contributed by atoms with Crippen LogP contribution in [0, 0.1) is 11.8 Å². The fourth-order valence-electron chi connectivity index (χ4n) is 2.06. The average Bonchev–Trinajstić information content (AvgIpc) is 2.46. The third-order valence-electron chi connectivity index (χ3n) is 2.99. The van der Waals surface area contributed by atoms with Crippen molar-refractivity contribution in [3.63, 3.8) is 0 Å². The number of hydrogen-bond acceptors (Lipinski definition) is 4. The largest absolute Gasteiger partial charge is 0.497 e. The van der Waals surface area contributed by atoms with Gasteiger partial charge in [-0.2, -0.15) is 0 Å². The zero-order valence-corrected chi connectivity index (χ0v) is 12.4. The molecule has 0 aromatic heterocycles. The number of nitrogens with two attached hydrogens (primary N) is 1. The summed E-state index contributed by atoms with van der Waals surface area (Å²) in [6, 6.07) is 5.86. The van der Waals surface area contributed by atoms with E-state index in [1.54, 1.807) is 7.11 Å². The molecule has 0 amide bonds. The molecule has 1 aromatic rings. The maximum atomic E-state index is 9.14. The second-order valence-electron chi connectivity index (χ2n) is 4.53. The van der Waals surface area contributed by atoms with E-state index in [-0.39, 0.29) is 6.61 Å². The quantitative estimate of drug-likeness (QED) is 0.735. The Morgan fingerprint density at radius 2 is 2.15 bits per heavy atom. The molecule has 0 bridgehead atoms. The molecule has 20 heavy (non-hydrogen) atoms. The van der Waals surface area contributed by atoms with Crippen LogP contribution in [-0.2, 0) is 6.54 Å². The van der Waals surface area contributed by atoms with Gasteiger partial charge in [-0.15, -0.1) is 0 Å². The zero-order valence-electron chi connectivity index (χ0n) is 12.4. The molecule has 1 aromatic carbocycles. The Balaban J connectivity index is 2.98. The van der Waals surface area contributed by atoms with Gasteiger partial charge < -0.3 is 15.6 Å². The van der Waals surface area contributed by atoms with Crippen molar-refractivity contribution < 1.29 is 9.84 Å². The Bertz CT molecular complexity index is 457. The highest BCUT2D eigenvalue weighted by Gasteiger charge is 2.09. The first-order valence-electron chi connectivity index (χ1n) is 6.94. The fourth-order valence-corrected chi connectivity index (χ4v) is 2.06. The van der Waals surface area contributed by atoms with Crippen LogP contribution in [-0.4, -0.2) is 43.4 Å². The maximum Gasteiger partial charge on any atom is 0.119 e. The van der Waals surface area contributed by atoms with Gasteiger partial charge in [0.15, 0.2) is 0 Å². The van der Waals surface area contributed by atoms with E-state index in [9.17, 15) is 0 Å². The number of aliphatic hydroxyl groups is 1. The van der Waals surface area contributed by atoms with Crippen LogP contribution in [0.3, 0.4) is 0 Å². The number of aliphatic hydroxyl groups excluding tert-OH is 1. The number of hydrogen-bond donors (Lipinski definition) is 2. The molecule has 110 valence electrons. The molecular weight excluding hydrogens is 252 g/mol. The highest BCUT2D eigenvalue weighted by molar-refractivity contribution is 5.45. The number of rotatable bonds is 7. The molecule has 0 aliphatic carbocycles. The molecule has 3 N–H and O–H groups in total. The van der Waals surface area contributed by atoms with Crippen molar-refractivity contribution >= 4 is 0 Å². The van der Waals surface area contributed by atoms with Crippen LogP contribution >= 0.6 is 0 Å². The van der Waals surface area contributed by atoms with E-state index in [2.05, 4.69) is 23.7 Å². The summed E-state index contributed by atoms with van der Waals surface area (Å²) in [5.41, 5.74) is 7.51. The molecular formula is C16H24N2O2. The van der Waals surface area contributed by atoms with Gasteiger partial charge in [-0.25, -0.2) is 0 Å². The van der Waals surface area contributed by atoms with Crippen LogP contribution in [0.15, 0.2) is 18.2 Å². The minimum absolute atomic E-state index is 0.160. The lowest BCUT2D eigenvalue weighted by atomic mass is 10.1. The Morgan fingerprint density at radius 1 is 1.35 bits per heavy atom. The number of benzene rings is 1. The van der Waals surface area contributed by atoms with Gasteiger partial charge >= 0.3 is 0 Å². The fraction of sp³-hybridized carbons (Fsp3) is 0.500. The van der Waals surface area contributed by atoms with Crippen LogP contribution in [0.25, 0.3) is 0 Å². The highest BCUT2D eigenvalue weighted by Crippen LogP contribution is 2.19. The summed E-state index contributed by atoms with van der Waals surface area (Å²) in [4.78, 5) is 2.21. The first kappa shape index (κ1) is 16.5. The zero-order chi connectivity index (χ0) is 14.8. The molecule has 0 saturated carbocycles. The van der Waals surface area contributed by atoms with Gasteiger partial charge in [0.1, 0.15) is 5.75 Å². The Kier molecular flexibility index (Phi) is 7.74. The molecule has 0 heterocycles. The topological polar surface area (TPSA) is 58.7 Å². The monoisotopic (exact) mass is 276 g/mol. The van der Waals surface area contributed by atoms with Gasteiger partial charge in [-0.1, -0.05) is 18.8 Å². The number of ether oxygens (including phenoxy) is 1. The predicted molar refractivity (Wildman–Crippen MR) is 81.6 cm³/mol. The maximum absolute atomic E-state index is 9.14. The summed E-state index contributed by atoms with van der Waals surface area (Å²) in [7, 11) is 1.65. The predicted octanol–water partition coefficient (Wildman–Crippen LogP) is 1.21. The van der Waals surface area contributed by atoms with E-state index in [0.29, 0.717) is 13.1 Å². The van der Waals surface area contributed by atoms with E-state index in [1.165, 1.54) is 0 Å². The van der Waals surface area contributed by atoms with E-state index in [0.717, 1.165) is 36.4 Å².